The van der Waals surface area contributed by atoms with Gasteiger partial charge in [0.2, 0.25) is 5.65 Å². The highest BCUT2D eigenvalue weighted by atomic mass is 19.4. The average Bonchev–Trinajstić information content (AvgIpc) is 2.92. The molecular weight excluding hydrogens is 358 g/mol. The topological polar surface area (TPSA) is 83.8 Å². The second kappa shape index (κ2) is 5.50. The van der Waals surface area contributed by atoms with Crippen LogP contribution < -0.4 is 10.9 Å². The summed E-state index contributed by atoms with van der Waals surface area (Å²) >= 11 is 0. The van der Waals surface area contributed by atoms with E-state index in [1.165, 1.54) is 0 Å². The molecule has 25 heavy (non-hydrogen) atoms. The highest BCUT2D eigenvalue weighted by Gasteiger charge is 2.43. The first-order valence-corrected chi connectivity index (χ1v) is 6.47. The molecule has 0 radical (unpaired) electrons. The van der Waals surface area contributed by atoms with Crippen LogP contribution in [0.3, 0.4) is 0 Å². The van der Waals surface area contributed by atoms with Gasteiger partial charge in [0.15, 0.2) is 5.52 Å². The van der Waals surface area contributed by atoms with Crippen LogP contribution in [0.4, 0.5) is 37.7 Å². The van der Waals surface area contributed by atoms with Crippen molar-refractivity contribution in [3.63, 3.8) is 0 Å². The second-order valence-corrected chi connectivity index (χ2v) is 4.89. The van der Waals surface area contributed by atoms with Crippen LogP contribution in [0.25, 0.3) is 11.2 Å². The molecule has 6 nitrogen and oxygen atoms in total. The maximum atomic E-state index is 12.9. The van der Waals surface area contributed by atoms with Gasteiger partial charge in [0.25, 0.3) is 5.56 Å². The summed E-state index contributed by atoms with van der Waals surface area (Å²) in [5, 5.41) is 9.13. The number of pyridine rings is 1. The van der Waals surface area contributed by atoms with Gasteiger partial charge in [0.05, 0.1) is 11.1 Å². The van der Waals surface area contributed by atoms with E-state index in [1.54, 1.807) is 0 Å². The van der Waals surface area contributed by atoms with E-state index in [0.29, 0.717) is 0 Å². The SMILES string of the molecule is O=c1[nH]c2nonc2cc1Nc1ccc(C(F)(F)F)c(C(F)(F)F)c1. The van der Waals surface area contributed by atoms with Gasteiger partial charge in [-0.05, 0) is 28.5 Å². The Morgan fingerprint density at radius 2 is 1.64 bits per heavy atom. The summed E-state index contributed by atoms with van der Waals surface area (Å²) in [6.07, 6.45) is -10.4. The fourth-order valence-corrected chi connectivity index (χ4v) is 2.11. The third-order valence-corrected chi connectivity index (χ3v) is 3.18. The number of nitrogens with one attached hydrogen (secondary N) is 2. The van der Waals surface area contributed by atoms with Crippen molar-refractivity contribution in [2.45, 2.75) is 12.4 Å². The molecule has 0 aliphatic carbocycles. The number of H-pyrrole nitrogens is 1. The number of benzene rings is 1. The molecule has 132 valence electrons. The molecule has 3 rings (SSSR count). The lowest BCUT2D eigenvalue weighted by Crippen LogP contribution is -2.17. The van der Waals surface area contributed by atoms with Crippen LogP contribution in [-0.4, -0.2) is 15.3 Å². The predicted octanol–water partition coefficient (Wildman–Crippen LogP) is 3.69. The minimum atomic E-state index is -5.23. The molecule has 0 aliphatic heterocycles. The van der Waals surface area contributed by atoms with Gasteiger partial charge < -0.3 is 10.3 Å². The Balaban J connectivity index is 2.05. The molecule has 0 saturated carbocycles. The Kier molecular flexibility index (Phi) is 3.69. The molecule has 2 heterocycles. The van der Waals surface area contributed by atoms with Crippen molar-refractivity contribution in [1.82, 2.24) is 15.3 Å². The molecule has 1 aromatic carbocycles. The predicted molar refractivity (Wildman–Crippen MR) is 72.2 cm³/mol. The molecule has 0 aliphatic rings. The smallest absolute Gasteiger partial charge is 0.351 e. The van der Waals surface area contributed by atoms with Gasteiger partial charge in [-0.1, -0.05) is 0 Å². The Morgan fingerprint density at radius 1 is 0.960 bits per heavy atom. The van der Waals surface area contributed by atoms with Crippen LogP contribution in [0.2, 0.25) is 0 Å². The van der Waals surface area contributed by atoms with E-state index in [-0.39, 0.29) is 34.7 Å². The Hall–Kier alpha value is -3.05. The molecule has 2 aromatic heterocycles. The van der Waals surface area contributed by atoms with Gasteiger partial charge in [-0.2, -0.15) is 26.3 Å². The number of aromatic nitrogens is 3. The molecule has 0 saturated heterocycles. The number of anilines is 2. The van der Waals surface area contributed by atoms with E-state index in [0.717, 1.165) is 12.1 Å². The van der Waals surface area contributed by atoms with Crippen LogP contribution in [0.5, 0.6) is 0 Å². The molecule has 12 heteroatoms. The van der Waals surface area contributed by atoms with E-state index in [2.05, 4.69) is 25.2 Å². The molecule has 0 bridgehead atoms. The van der Waals surface area contributed by atoms with Crippen LogP contribution in [0.15, 0.2) is 33.7 Å². The molecular formula is C13H6F6N4O2. The maximum Gasteiger partial charge on any atom is 0.417 e. The summed E-state index contributed by atoms with van der Waals surface area (Å²) in [7, 11) is 0. The summed E-state index contributed by atoms with van der Waals surface area (Å²) in [5.41, 5.74) is -4.94. The van der Waals surface area contributed by atoms with Crippen LogP contribution in [-0.2, 0) is 12.4 Å². The lowest BCUT2D eigenvalue weighted by molar-refractivity contribution is -0.162. The minimum absolute atomic E-state index is 0.0129. The first-order valence-electron chi connectivity index (χ1n) is 6.47. The zero-order valence-electron chi connectivity index (χ0n) is 11.8. The van der Waals surface area contributed by atoms with Crippen LogP contribution in [0, 0.1) is 0 Å². The van der Waals surface area contributed by atoms with Crippen molar-refractivity contribution in [2.24, 2.45) is 0 Å². The minimum Gasteiger partial charge on any atom is -0.351 e. The quantitative estimate of drug-likeness (QED) is 0.678. The number of nitrogens with zero attached hydrogens (tertiary/aromatic N) is 2. The molecule has 0 unspecified atom stereocenters. The molecule has 0 atom stereocenters. The lowest BCUT2D eigenvalue weighted by Gasteiger charge is -2.17. The molecule has 0 spiro atoms. The van der Waals surface area contributed by atoms with Crippen molar-refractivity contribution < 1.29 is 31.0 Å². The third kappa shape index (κ3) is 3.27. The van der Waals surface area contributed by atoms with Crippen molar-refractivity contribution in [3.05, 3.63) is 45.7 Å². The van der Waals surface area contributed by atoms with Crippen LogP contribution >= 0.6 is 0 Å². The highest BCUT2D eigenvalue weighted by Crippen LogP contribution is 2.41. The number of alkyl halides is 6. The van der Waals surface area contributed by atoms with Crippen LogP contribution in [0.1, 0.15) is 11.1 Å². The molecule has 0 fully saturated rings. The van der Waals surface area contributed by atoms with E-state index < -0.39 is 29.0 Å². The van der Waals surface area contributed by atoms with E-state index in [4.69, 9.17) is 0 Å². The molecule has 0 amide bonds. The van der Waals surface area contributed by atoms with Gasteiger partial charge in [-0.3, -0.25) is 4.79 Å². The Bertz CT molecular complexity index is 989. The van der Waals surface area contributed by atoms with Gasteiger partial charge >= 0.3 is 12.4 Å². The summed E-state index contributed by atoms with van der Waals surface area (Å²) < 4.78 is 81.3. The number of aromatic amines is 1. The lowest BCUT2D eigenvalue weighted by atomic mass is 10.1. The van der Waals surface area contributed by atoms with Gasteiger partial charge in [-0.25, -0.2) is 4.63 Å². The zero-order chi connectivity index (χ0) is 18.4. The standard InChI is InChI=1S/C13H6F6N4O2/c14-12(15,16)6-2-1-5(3-7(6)13(17,18)19)20-9-4-8-10(21-11(9)24)23-25-22-8/h1-4,20H,(H,21,23,24). The fraction of sp³-hybridized carbons (Fsp3) is 0.154. The number of rotatable bonds is 2. The average molecular weight is 364 g/mol. The normalized spacial score (nSPS) is 12.6. The molecule has 3 aromatic rings. The van der Waals surface area contributed by atoms with Gasteiger partial charge in [0.1, 0.15) is 5.69 Å². The zero-order valence-corrected chi connectivity index (χ0v) is 11.8. The summed E-state index contributed by atoms with van der Waals surface area (Å²) in [6, 6.07) is 2.47. The monoisotopic (exact) mass is 364 g/mol. The molecule has 2 N–H and O–H groups in total. The van der Waals surface area contributed by atoms with Crippen molar-refractivity contribution in [2.75, 3.05) is 5.32 Å². The second-order valence-electron chi connectivity index (χ2n) is 4.89. The summed E-state index contributed by atoms with van der Waals surface area (Å²) in [5.74, 6) is 0. The Morgan fingerprint density at radius 3 is 2.28 bits per heavy atom. The number of fused-ring (bicyclic) bond motifs is 1. The van der Waals surface area contributed by atoms with E-state index in [9.17, 15) is 31.1 Å². The van der Waals surface area contributed by atoms with Crippen molar-refractivity contribution in [1.29, 1.82) is 0 Å². The van der Waals surface area contributed by atoms with Crippen molar-refractivity contribution in [3.8, 4) is 0 Å². The highest BCUT2D eigenvalue weighted by molar-refractivity contribution is 5.75. The summed E-state index contributed by atoms with van der Waals surface area (Å²) in [4.78, 5) is 14.1. The van der Waals surface area contributed by atoms with E-state index >= 15 is 0 Å². The fourth-order valence-electron chi connectivity index (χ4n) is 2.11. The van der Waals surface area contributed by atoms with Gasteiger partial charge in [0, 0.05) is 11.8 Å². The maximum absolute atomic E-state index is 12.9. The first-order chi connectivity index (χ1) is 11.6. The summed E-state index contributed by atoms with van der Waals surface area (Å²) in [6.45, 7) is 0. The third-order valence-electron chi connectivity index (χ3n) is 3.18. The Labute approximate surface area is 133 Å². The van der Waals surface area contributed by atoms with Crippen molar-refractivity contribution >= 4 is 22.5 Å². The first kappa shape index (κ1) is 16.8. The van der Waals surface area contributed by atoms with Gasteiger partial charge in [-0.15, -0.1) is 0 Å². The number of hydrogen-bond acceptors (Lipinski definition) is 5. The number of hydrogen-bond donors (Lipinski definition) is 2. The largest absolute Gasteiger partial charge is 0.417 e. The number of halogens is 6. The van der Waals surface area contributed by atoms with E-state index in [1.807, 2.05) is 0 Å².